The first-order chi connectivity index (χ1) is 7.25. The van der Waals surface area contributed by atoms with Crippen LogP contribution in [0.4, 0.5) is 0 Å². The summed E-state index contributed by atoms with van der Waals surface area (Å²) in [7, 11) is 0. The molecule has 2 heterocycles. The van der Waals surface area contributed by atoms with Gasteiger partial charge < -0.3 is 5.11 Å². The summed E-state index contributed by atoms with van der Waals surface area (Å²) in [5, 5.41) is 11.9. The number of aliphatic hydroxyl groups excluding tert-OH is 1. The Morgan fingerprint density at radius 2 is 2.13 bits per heavy atom. The molecule has 15 heavy (non-hydrogen) atoms. The molecule has 4 heteroatoms. The van der Waals surface area contributed by atoms with Gasteiger partial charge in [-0.2, -0.15) is 0 Å². The molecule has 0 aliphatic heterocycles. The lowest BCUT2D eigenvalue weighted by molar-refractivity contribution is 0.179. The first kappa shape index (κ1) is 10.8. The van der Waals surface area contributed by atoms with Crippen molar-refractivity contribution in [1.82, 2.24) is 4.98 Å². The third kappa shape index (κ3) is 2.87. The lowest BCUT2D eigenvalue weighted by Gasteiger charge is -2.08. The molecule has 78 valence electrons. The molecule has 1 N–H and O–H groups in total. The molecule has 2 aromatic heterocycles. The van der Waals surface area contributed by atoms with Gasteiger partial charge in [-0.05, 0) is 50.6 Å². The number of thiophene rings is 1. The maximum atomic E-state index is 9.95. The first-order valence-electron chi connectivity index (χ1n) is 4.56. The van der Waals surface area contributed by atoms with Crippen LogP contribution >= 0.6 is 27.3 Å². The van der Waals surface area contributed by atoms with Crippen molar-refractivity contribution >= 4 is 27.3 Å². The van der Waals surface area contributed by atoms with Crippen LogP contribution in [0.25, 0.3) is 0 Å². The van der Waals surface area contributed by atoms with E-state index in [-0.39, 0.29) is 0 Å². The Kier molecular flexibility index (Phi) is 3.51. The van der Waals surface area contributed by atoms with E-state index >= 15 is 0 Å². The van der Waals surface area contributed by atoms with Crippen LogP contribution in [0.3, 0.4) is 0 Å². The van der Waals surface area contributed by atoms with Crippen LogP contribution in [0.5, 0.6) is 0 Å². The number of rotatable bonds is 3. The molecular weight excluding hydrogens is 274 g/mol. The second-order valence-corrected chi connectivity index (χ2v) is 5.55. The number of hydrogen-bond acceptors (Lipinski definition) is 3. The number of hydrogen-bond donors (Lipinski definition) is 1. The average molecular weight is 284 g/mol. The van der Waals surface area contributed by atoms with E-state index in [9.17, 15) is 5.11 Å². The quantitative estimate of drug-likeness (QED) is 0.939. The van der Waals surface area contributed by atoms with Gasteiger partial charge in [0.2, 0.25) is 0 Å². The second-order valence-electron chi connectivity index (χ2n) is 3.26. The standard InChI is InChI=1S/C11H10BrNOS/c12-11-6-9(7-15-11)10(14)5-8-1-3-13-4-2-8/h1-4,6-7,10,14H,5H2. The Morgan fingerprint density at radius 3 is 2.73 bits per heavy atom. The number of pyridine rings is 1. The topological polar surface area (TPSA) is 33.1 Å². The van der Waals surface area contributed by atoms with Crippen LogP contribution in [0.2, 0.25) is 0 Å². The van der Waals surface area contributed by atoms with Gasteiger partial charge in [-0.1, -0.05) is 0 Å². The summed E-state index contributed by atoms with van der Waals surface area (Å²) in [6.07, 6.45) is 3.68. The maximum absolute atomic E-state index is 9.95. The SMILES string of the molecule is OC(Cc1ccncc1)c1csc(Br)c1. The lowest BCUT2D eigenvalue weighted by Crippen LogP contribution is -2.00. The Morgan fingerprint density at radius 1 is 1.40 bits per heavy atom. The van der Waals surface area contributed by atoms with E-state index in [1.54, 1.807) is 23.7 Å². The molecule has 2 nitrogen and oxygen atoms in total. The highest BCUT2D eigenvalue weighted by molar-refractivity contribution is 9.11. The molecule has 0 spiro atoms. The number of aliphatic hydroxyl groups is 1. The van der Waals surface area contributed by atoms with Crippen LogP contribution < -0.4 is 0 Å². The van der Waals surface area contributed by atoms with Gasteiger partial charge in [0.15, 0.2) is 0 Å². The third-order valence-electron chi connectivity index (χ3n) is 2.15. The molecule has 1 unspecified atom stereocenters. The Hall–Kier alpha value is -0.710. The molecule has 0 radical (unpaired) electrons. The minimum absolute atomic E-state index is 0.435. The zero-order valence-electron chi connectivity index (χ0n) is 7.93. The van der Waals surface area contributed by atoms with E-state index in [1.807, 2.05) is 23.6 Å². The van der Waals surface area contributed by atoms with Gasteiger partial charge in [-0.25, -0.2) is 0 Å². The second kappa shape index (κ2) is 4.88. The summed E-state index contributed by atoms with van der Waals surface area (Å²) in [4.78, 5) is 3.94. The summed E-state index contributed by atoms with van der Waals surface area (Å²) < 4.78 is 1.05. The normalized spacial score (nSPS) is 12.7. The summed E-state index contributed by atoms with van der Waals surface area (Å²) in [5.74, 6) is 0. The molecule has 0 aliphatic carbocycles. The van der Waals surface area contributed by atoms with E-state index in [0.29, 0.717) is 6.42 Å². The van der Waals surface area contributed by atoms with E-state index in [4.69, 9.17) is 0 Å². The molecule has 0 saturated heterocycles. The van der Waals surface area contributed by atoms with Gasteiger partial charge in [0, 0.05) is 18.8 Å². The van der Waals surface area contributed by atoms with Crippen molar-refractivity contribution in [2.75, 3.05) is 0 Å². The average Bonchev–Trinajstić information content (AvgIpc) is 2.66. The Balaban J connectivity index is 2.07. The molecule has 0 aliphatic rings. The smallest absolute Gasteiger partial charge is 0.0838 e. The van der Waals surface area contributed by atoms with Crippen LogP contribution in [0, 0.1) is 0 Å². The van der Waals surface area contributed by atoms with E-state index in [2.05, 4.69) is 20.9 Å². The zero-order chi connectivity index (χ0) is 10.7. The van der Waals surface area contributed by atoms with E-state index in [1.165, 1.54) is 0 Å². The van der Waals surface area contributed by atoms with Gasteiger partial charge in [0.25, 0.3) is 0 Å². The monoisotopic (exact) mass is 283 g/mol. The Labute approximate surface area is 101 Å². The molecule has 2 rings (SSSR count). The van der Waals surface area contributed by atoms with Crippen LogP contribution in [0.15, 0.2) is 39.8 Å². The van der Waals surface area contributed by atoms with Crippen LogP contribution in [-0.4, -0.2) is 10.1 Å². The van der Waals surface area contributed by atoms with Crippen molar-refractivity contribution in [3.63, 3.8) is 0 Å². The molecule has 0 fully saturated rings. The van der Waals surface area contributed by atoms with Gasteiger partial charge >= 0.3 is 0 Å². The van der Waals surface area contributed by atoms with E-state index in [0.717, 1.165) is 14.9 Å². The van der Waals surface area contributed by atoms with Crippen molar-refractivity contribution in [1.29, 1.82) is 0 Å². The van der Waals surface area contributed by atoms with Crippen molar-refractivity contribution in [3.05, 3.63) is 50.9 Å². The van der Waals surface area contributed by atoms with Gasteiger partial charge in [0.05, 0.1) is 9.89 Å². The van der Waals surface area contributed by atoms with Crippen molar-refractivity contribution in [2.24, 2.45) is 0 Å². The largest absolute Gasteiger partial charge is 0.388 e. The highest BCUT2D eigenvalue weighted by Crippen LogP contribution is 2.27. The molecule has 0 bridgehead atoms. The van der Waals surface area contributed by atoms with Crippen molar-refractivity contribution < 1.29 is 5.11 Å². The fourth-order valence-electron chi connectivity index (χ4n) is 1.36. The summed E-state index contributed by atoms with van der Waals surface area (Å²) >= 11 is 4.97. The predicted molar refractivity (Wildman–Crippen MR) is 64.9 cm³/mol. The molecular formula is C11H10BrNOS. The summed E-state index contributed by atoms with van der Waals surface area (Å²) in [5.41, 5.74) is 2.06. The third-order valence-corrected chi connectivity index (χ3v) is 3.67. The minimum atomic E-state index is -0.435. The maximum Gasteiger partial charge on any atom is 0.0838 e. The minimum Gasteiger partial charge on any atom is -0.388 e. The van der Waals surface area contributed by atoms with Crippen LogP contribution in [-0.2, 0) is 6.42 Å². The molecule has 1 atom stereocenters. The predicted octanol–water partition coefficient (Wildman–Crippen LogP) is 3.18. The summed E-state index contributed by atoms with van der Waals surface area (Å²) in [6, 6.07) is 5.80. The highest BCUT2D eigenvalue weighted by Gasteiger charge is 2.09. The van der Waals surface area contributed by atoms with Gasteiger partial charge in [-0.15, -0.1) is 11.3 Å². The van der Waals surface area contributed by atoms with Gasteiger partial charge in [-0.3, -0.25) is 4.98 Å². The van der Waals surface area contributed by atoms with Crippen molar-refractivity contribution in [3.8, 4) is 0 Å². The Bertz CT molecular complexity index is 429. The lowest BCUT2D eigenvalue weighted by atomic mass is 10.1. The highest BCUT2D eigenvalue weighted by atomic mass is 79.9. The summed E-state index contributed by atoms with van der Waals surface area (Å²) in [6.45, 7) is 0. The molecule has 0 amide bonds. The molecule has 2 aromatic rings. The molecule has 0 saturated carbocycles. The van der Waals surface area contributed by atoms with Crippen LogP contribution in [0.1, 0.15) is 17.2 Å². The fourth-order valence-corrected chi connectivity index (χ4v) is 2.58. The number of halogens is 1. The van der Waals surface area contributed by atoms with E-state index < -0.39 is 6.10 Å². The molecule has 0 aromatic carbocycles. The zero-order valence-corrected chi connectivity index (χ0v) is 10.3. The van der Waals surface area contributed by atoms with Crippen molar-refractivity contribution in [2.45, 2.75) is 12.5 Å². The first-order valence-corrected chi connectivity index (χ1v) is 6.24. The number of aromatic nitrogens is 1. The number of nitrogens with zero attached hydrogens (tertiary/aromatic N) is 1. The fraction of sp³-hybridized carbons (Fsp3) is 0.182. The van der Waals surface area contributed by atoms with Gasteiger partial charge in [0.1, 0.15) is 0 Å².